The summed E-state index contributed by atoms with van der Waals surface area (Å²) in [5.74, 6) is 1.11. The van der Waals surface area contributed by atoms with Gasteiger partial charge in [0.25, 0.3) is 0 Å². The summed E-state index contributed by atoms with van der Waals surface area (Å²) >= 11 is 0. The molecule has 4 aliphatic heterocycles. The van der Waals surface area contributed by atoms with Crippen molar-refractivity contribution in [2.45, 2.75) is 174 Å². The first-order chi connectivity index (χ1) is 27.6. The molecule has 4 saturated heterocycles. The molecule has 13 heteroatoms. The maximum Gasteiger partial charge on any atom is 0.317 e. The second-order valence-electron chi connectivity index (χ2n) is 19.8. The van der Waals surface area contributed by atoms with E-state index in [0.29, 0.717) is 48.6 Å². The average Bonchev–Trinajstić information content (AvgIpc) is 3.63. The van der Waals surface area contributed by atoms with Crippen LogP contribution in [0.5, 0.6) is 0 Å². The number of urea groups is 1. The highest BCUT2D eigenvalue weighted by Gasteiger charge is 2.69. The summed E-state index contributed by atoms with van der Waals surface area (Å²) in [6.45, 7) is 15.3. The van der Waals surface area contributed by atoms with Crippen molar-refractivity contribution in [1.82, 2.24) is 10.2 Å². The van der Waals surface area contributed by atoms with E-state index in [-0.39, 0.29) is 35.7 Å². The van der Waals surface area contributed by atoms with Crippen LogP contribution in [0.15, 0.2) is 11.6 Å². The summed E-state index contributed by atoms with van der Waals surface area (Å²) in [7, 11) is 0. The first kappa shape index (κ1) is 42.0. The number of nitrogens with one attached hydrogen (secondary N) is 1. The maximum atomic E-state index is 13.8. The lowest BCUT2D eigenvalue weighted by atomic mass is 9.47. The Labute approximate surface area is 344 Å². The van der Waals surface area contributed by atoms with Gasteiger partial charge in [-0.3, -0.25) is 14.4 Å². The quantitative estimate of drug-likeness (QED) is 0.172. The third-order valence-electron chi connectivity index (χ3n) is 16.3. The highest BCUT2D eigenvalue weighted by molar-refractivity contribution is 5.75. The molecule has 58 heavy (non-hydrogen) atoms. The molecule has 0 aromatic rings. The van der Waals surface area contributed by atoms with Gasteiger partial charge in [-0.15, -0.1) is 0 Å². The normalized spacial score (nSPS) is 45.8. The molecule has 8 aliphatic rings. The third-order valence-corrected chi connectivity index (χ3v) is 16.3. The predicted molar refractivity (Wildman–Crippen MR) is 211 cm³/mol. The molecule has 13 nitrogen and oxygen atoms in total. The van der Waals surface area contributed by atoms with Crippen LogP contribution in [-0.2, 0) is 47.5 Å². The summed E-state index contributed by atoms with van der Waals surface area (Å²) < 4.78 is 43.9. The number of allylic oxidation sites excluding steroid dienone is 1. The van der Waals surface area contributed by atoms with Crippen LogP contribution in [0.1, 0.15) is 126 Å². The van der Waals surface area contributed by atoms with E-state index < -0.39 is 54.3 Å². The van der Waals surface area contributed by atoms with E-state index in [0.717, 1.165) is 64.4 Å². The topological polar surface area (TPSA) is 148 Å². The predicted octanol–water partition coefficient (Wildman–Crippen LogP) is 6.45. The molecule has 0 aromatic carbocycles. The zero-order chi connectivity index (χ0) is 41.1. The highest BCUT2D eigenvalue weighted by atomic mass is 16.7. The van der Waals surface area contributed by atoms with Gasteiger partial charge in [0.1, 0.15) is 18.8 Å². The van der Waals surface area contributed by atoms with Gasteiger partial charge in [-0.25, -0.2) is 4.79 Å². The Kier molecular flexibility index (Phi) is 11.8. The standard InChI is InChI=1S/C45H68N2O11/c1-25-13-18-45(53-23-25)26(2)37-35(58-45)22-34-32-12-11-30-21-31(14-16-43(30,6)33(32)15-17-44(34,37)7)56-41-38(46-42(51)47-19-9-8-10-20-47)40(55-29(5)50)39(54-28(4)49)36(57-41)24-52-27(3)48/h11,25-26,31-41H,8-10,12-24H2,1-7H3,(H,46,51)/t25-,26+,31+,32-,33+,34+,35+,36-,37+,38-,39-,40-,41-,43+,44+,45-/m1/s1. The fraction of sp³-hybridized carbons (Fsp3) is 0.867. The van der Waals surface area contributed by atoms with Crippen molar-refractivity contribution in [2.24, 2.45) is 46.3 Å². The largest absolute Gasteiger partial charge is 0.463 e. The number of hydrogen-bond acceptors (Lipinski definition) is 11. The lowest BCUT2D eigenvalue weighted by Gasteiger charge is -2.58. The van der Waals surface area contributed by atoms with Gasteiger partial charge in [0.15, 0.2) is 24.3 Å². The Bertz CT molecular complexity index is 1610. The van der Waals surface area contributed by atoms with Crippen molar-refractivity contribution in [1.29, 1.82) is 0 Å². The first-order valence-corrected chi connectivity index (χ1v) is 22.5. The van der Waals surface area contributed by atoms with Crippen molar-refractivity contribution >= 4 is 23.9 Å². The Morgan fingerprint density at radius 2 is 1.64 bits per heavy atom. The van der Waals surface area contributed by atoms with Crippen LogP contribution in [0.25, 0.3) is 0 Å². The van der Waals surface area contributed by atoms with Crippen molar-refractivity contribution in [3.63, 3.8) is 0 Å². The molecule has 3 saturated carbocycles. The molecule has 7 fully saturated rings. The van der Waals surface area contributed by atoms with Gasteiger partial charge < -0.3 is 43.4 Å². The molecule has 1 N–H and O–H groups in total. The van der Waals surface area contributed by atoms with Crippen molar-refractivity contribution in [2.75, 3.05) is 26.3 Å². The van der Waals surface area contributed by atoms with Crippen LogP contribution in [0.4, 0.5) is 4.79 Å². The number of esters is 3. The lowest BCUT2D eigenvalue weighted by molar-refractivity contribution is -0.289. The zero-order valence-electron chi connectivity index (χ0n) is 35.8. The fourth-order valence-corrected chi connectivity index (χ4v) is 13.5. The smallest absolute Gasteiger partial charge is 0.317 e. The zero-order valence-corrected chi connectivity index (χ0v) is 35.8. The van der Waals surface area contributed by atoms with Crippen LogP contribution >= 0.6 is 0 Å². The van der Waals surface area contributed by atoms with Crippen molar-refractivity contribution < 1.29 is 52.3 Å². The Morgan fingerprint density at radius 1 is 0.897 bits per heavy atom. The summed E-state index contributed by atoms with van der Waals surface area (Å²) in [6.07, 6.45) is 10.2. The maximum absolute atomic E-state index is 13.8. The molecule has 8 rings (SSSR count). The first-order valence-electron chi connectivity index (χ1n) is 22.5. The molecule has 0 radical (unpaired) electrons. The molecule has 324 valence electrons. The van der Waals surface area contributed by atoms with Crippen LogP contribution in [-0.4, -0.2) is 104 Å². The van der Waals surface area contributed by atoms with Gasteiger partial charge in [-0.1, -0.05) is 39.3 Å². The Hall–Kier alpha value is -2.74. The van der Waals surface area contributed by atoms with Gasteiger partial charge in [-0.05, 0) is 111 Å². The molecular formula is C45H68N2O11. The van der Waals surface area contributed by atoms with Crippen molar-refractivity contribution in [3.05, 3.63) is 11.6 Å². The minimum atomic E-state index is -1.16. The minimum absolute atomic E-state index is 0.0476. The molecule has 0 bridgehead atoms. The van der Waals surface area contributed by atoms with Gasteiger partial charge >= 0.3 is 23.9 Å². The van der Waals surface area contributed by atoms with E-state index in [1.165, 1.54) is 45.6 Å². The molecule has 2 amide bonds. The lowest BCUT2D eigenvalue weighted by Crippen LogP contribution is -2.68. The average molecular weight is 813 g/mol. The van der Waals surface area contributed by atoms with Gasteiger partial charge in [-0.2, -0.15) is 0 Å². The number of nitrogens with zero attached hydrogens (tertiary/aromatic N) is 1. The summed E-state index contributed by atoms with van der Waals surface area (Å²) in [4.78, 5) is 52.5. The molecule has 0 unspecified atom stereocenters. The highest BCUT2D eigenvalue weighted by Crippen LogP contribution is 2.70. The third kappa shape index (κ3) is 7.61. The molecule has 4 heterocycles. The number of amides is 2. The van der Waals surface area contributed by atoms with E-state index in [1.54, 1.807) is 4.90 Å². The van der Waals surface area contributed by atoms with Crippen molar-refractivity contribution in [3.8, 4) is 0 Å². The number of piperidine rings is 1. The van der Waals surface area contributed by atoms with Gasteiger partial charge in [0, 0.05) is 46.2 Å². The van der Waals surface area contributed by atoms with E-state index in [4.69, 9.17) is 33.2 Å². The van der Waals surface area contributed by atoms with E-state index in [9.17, 15) is 19.2 Å². The second kappa shape index (κ2) is 16.3. The number of rotatable bonds is 7. The second-order valence-corrected chi connectivity index (χ2v) is 19.8. The number of carbonyl (C=O) groups excluding carboxylic acids is 4. The van der Waals surface area contributed by atoms with Crippen LogP contribution in [0, 0.1) is 46.3 Å². The molecule has 16 atom stereocenters. The Morgan fingerprint density at radius 3 is 2.33 bits per heavy atom. The van der Waals surface area contributed by atoms with Crippen LogP contribution in [0.3, 0.4) is 0 Å². The minimum Gasteiger partial charge on any atom is -0.463 e. The van der Waals surface area contributed by atoms with Gasteiger partial charge in [0.05, 0.1) is 18.8 Å². The van der Waals surface area contributed by atoms with E-state index >= 15 is 0 Å². The SMILES string of the molecule is CC(=O)OC[C@H]1O[C@@H](O[C@H]2CC[C@@]3(C)C(=CC[C@H]4[C@@H]5C[C@@H]6O[C@]7(CC[C@@H](C)CO7)[C@@H](C)[C@@H]6[C@@]5(C)CC[C@@H]43)C2)[C@H](NC(=O)N2CCCCC2)[C@@H](OC(C)=O)[C@@H]1OC(C)=O. The van der Waals surface area contributed by atoms with Crippen LogP contribution in [0.2, 0.25) is 0 Å². The molecule has 0 aromatic heterocycles. The summed E-state index contributed by atoms with van der Waals surface area (Å²) in [6, 6.07) is -1.33. The summed E-state index contributed by atoms with van der Waals surface area (Å²) in [5, 5.41) is 3.07. The van der Waals surface area contributed by atoms with Gasteiger partial charge in [0.2, 0.25) is 0 Å². The van der Waals surface area contributed by atoms with E-state index in [2.05, 4.69) is 39.1 Å². The molecular weight excluding hydrogens is 744 g/mol. The van der Waals surface area contributed by atoms with Crippen LogP contribution < -0.4 is 5.32 Å². The number of fused-ring (bicyclic) bond motifs is 7. The summed E-state index contributed by atoms with van der Waals surface area (Å²) in [5.41, 5.74) is 1.71. The number of hydrogen-bond donors (Lipinski definition) is 1. The number of carbonyl (C=O) groups is 4. The van der Waals surface area contributed by atoms with E-state index in [1.807, 2.05) is 0 Å². The number of likely N-dealkylation sites (tertiary alicyclic amines) is 1. The molecule has 4 aliphatic carbocycles. The molecule has 1 spiro atoms. The number of ether oxygens (including phenoxy) is 7. The Balaban J connectivity index is 1.01. The fourth-order valence-electron chi connectivity index (χ4n) is 13.5. The monoisotopic (exact) mass is 812 g/mol.